The summed E-state index contributed by atoms with van der Waals surface area (Å²) in [6.45, 7) is 6.08. The first-order valence-corrected chi connectivity index (χ1v) is 10.7. The van der Waals surface area contributed by atoms with Gasteiger partial charge in [-0.3, -0.25) is 9.59 Å². The summed E-state index contributed by atoms with van der Waals surface area (Å²) in [7, 11) is 1.61. The Hall–Kier alpha value is -2.53. The van der Waals surface area contributed by atoms with Gasteiger partial charge in [0, 0.05) is 24.0 Å². The Labute approximate surface area is 184 Å². The fraction of sp³-hybridized carbons (Fsp3) is 0.417. The normalized spacial score (nSPS) is 11.8. The molecular formula is C24H31ClN2O3. The summed E-state index contributed by atoms with van der Waals surface area (Å²) in [6, 6.07) is 14.5. The molecule has 2 rings (SSSR count). The van der Waals surface area contributed by atoms with E-state index in [4.69, 9.17) is 16.3 Å². The molecule has 0 saturated carbocycles. The highest BCUT2D eigenvalue weighted by Crippen LogP contribution is 2.20. The first-order valence-electron chi connectivity index (χ1n) is 10.3. The van der Waals surface area contributed by atoms with Crippen LogP contribution in [-0.2, 0) is 22.6 Å². The Bertz CT molecular complexity index is 854. The van der Waals surface area contributed by atoms with Gasteiger partial charge in [-0.2, -0.15) is 0 Å². The number of nitrogens with one attached hydrogen (secondary N) is 1. The largest absolute Gasteiger partial charge is 0.497 e. The molecule has 0 aliphatic heterocycles. The summed E-state index contributed by atoms with van der Waals surface area (Å²) in [5.74, 6) is 0.501. The zero-order chi connectivity index (χ0) is 22.1. The van der Waals surface area contributed by atoms with E-state index in [0.29, 0.717) is 24.4 Å². The lowest BCUT2D eigenvalue weighted by atomic mass is 10.1. The van der Waals surface area contributed by atoms with Gasteiger partial charge in [0.1, 0.15) is 11.8 Å². The minimum Gasteiger partial charge on any atom is -0.497 e. The molecule has 0 saturated heterocycles. The number of benzene rings is 2. The molecule has 0 fully saturated rings. The Kier molecular flexibility index (Phi) is 9.18. The first kappa shape index (κ1) is 23.7. The quantitative estimate of drug-likeness (QED) is 0.598. The molecule has 2 amide bonds. The minimum atomic E-state index is -0.544. The molecule has 0 bridgehead atoms. The van der Waals surface area contributed by atoms with Gasteiger partial charge in [-0.1, -0.05) is 48.9 Å². The van der Waals surface area contributed by atoms with Crippen LogP contribution < -0.4 is 10.1 Å². The van der Waals surface area contributed by atoms with E-state index in [-0.39, 0.29) is 24.3 Å². The van der Waals surface area contributed by atoms with Crippen LogP contribution in [0.4, 0.5) is 0 Å². The van der Waals surface area contributed by atoms with E-state index >= 15 is 0 Å². The number of nitrogens with zero attached hydrogens (tertiary/aromatic N) is 1. The third-order valence-electron chi connectivity index (χ3n) is 4.87. The predicted molar refractivity (Wildman–Crippen MR) is 121 cm³/mol. The van der Waals surface area contributed by atoms with Gasteiger partial charge in [0.05, 0.1) is 7.11 Å². The second-order valence-corrected chi connectivity index (χ2v) is 7.96. The summed E-state index contributed by atoms with van der Waals surface area (Å²) in [5, 5.41) is 3.59. The van der Waals surface area contributed by atoms with Crippen LogP contribution in [0.3, 0.4) is 0 Å². The van der Waals surface area contributed by atoms with Gasteiger partial charge in [0.2, 0.25) is 11.8 Å². The van der Waals surface area contributed by atoms with Crippen molar-refractivity contribution in [1.82, 2.24) is 10.2 Å². The van der Waals surface area contributed by atoms with Gasteiger partial charge < -0.3 is 15.0 Å². The van der Waals surface area contributed by atoms with Crippen LogP contribution in [0, 0.1) is 0 Å². The van der Waals surface area contributed by atoms with Gasteiger partial charge in [-0.25, -0.2) is 0 Å². The molecule has 0 spiro atoms. The van der Waals surface area contributed by atoms with Gasteiger partial charge >= 0.3 is 0 Å². The third kappa shape index (κ3) is 6.77. The second-order valence-electron chi connectivity index (χ2n) is 7.55. The van der Waals surface area contributed by atoms with Crippen LogP contribution >= 0.6 is 11.6 Å². The number of methoxy groups -OCH3 is 1. The summed E-state index contributed by atoms with van der Waals surface area (Å²) in [5.41, 5.74) is 1.84. The molecule has 0 aromatic heterocycles. The van der Waals surface area contributed by atoms with E-state index in [1.807, 2.05) is 69.3 Å². The number of aryl methyl sites for hydroxylation is 1. The van der Waals surface area contributed by atoms with E-state index in [1.54, 1.807) is 12.0 Å². The number of hydrogen-bond donors (Lipinski definition) is 1. The maximum absolute atomic E-state index is 13.2. The third-order valence-corrected chi connectivity index (χ3v) is 5.24. The molecule has 5 nitrogen and oxygen atoms in total. The average Bonchev–Trinajstić information content (AvgIpc) is 2.72. The van der Waals surface area contributed by atoms with E-state index in [2.05, 4.69) is 5.32 Å². The highest BCUT2D eigenvalue weighted by molar-refractivity contribution is 6.31. The summed E-state index contributed by atoms with van der Waals surface area (Å²) >= 11 is 6.25. The van der Waals surface area contributed by atoms with Crippen molar-refractivity contribution in [2.45, 2.75) is 58.7 Å². The van der Waals surface area contributed by atoms with Crippen molar-refractivity contribution in [3.63, 3.8) is 0 Å². The fourth-order valence-electron chi connectivity index (χ4n) is 3.35. The van der Waals surface area contributed by atoms with Crippen molar-refractivity contribution in [2.24, 2.45) is 0 Å². The van der Waals surface area contributed by atoms with Crippen molar-refractivity contribution >= 4 is 23.4 Å². The molecular weight excluding hydrogens is 400 g/mol. The lowest BCUT2D eigenvalue weighted by Gasteiger charge is -2.31. The lowest BCUT2D eigenvalue weighted by molar-refractivity contribution is -0.141. The Balaban J connectivity index is 2.24. The molecule has 1 N–H and O–H groups in total. The number of ether oxygens (including phenoxy) is 1. The van der Waals surface area contributed by atoms with Crippen molar-refractivity contribution in [2.75, 3.05) is 7.11 Å². The van der Waals surface area contributed by atoms with Crippen LogP contribution in [0.15, 0.2) is 48.5 Å². The number of amides is 2. The molecule has 162 valence electrons. The molecule has 0 radical (unpaired) electrons. The molecule has 2 aromatic rings. The van der Waals surface area contributed by atoms with Crippen LogP contribution in [0.25, 0.3) is 0 Å². The van der Waals surface area contributed by atoms with E-state index in [1.165, 1.54) is 0 Å². The Morgan fingerprint density at radius 2 is 1.87 bits per heavy atom. The number of rotatable bonds is 10. The van der Waals surface area contributed by atoms with Crippen LogP contribution in [0.5, 0.6) is 5.75 Å². The summed E-state index contributed by atoms with van der Waals surface area (Å²) < 4.78 is 5.30. The maximum atomic E-state index is 13.2. The van der Waals surface area contributed by atoms with Crippen LogP contribution in [0.2, 0.25) is 5.02 Å². The number of hydrogen-bond acceptors (Lipinski definition) is 3. The SMILES string of the molecule is CC[C@@H](C(=O)NC(C)C)N(Cc1cccc(OC)c1)C(=O)CCc1ccccc1Cl. The topological polar surface area (TPSA) is 58.6 Å². The molecule has 0 aliphatic rings. The van der Waals surface area contributed by atoms with Gasteiger partial charge in [0.15, 0.2) is 0 Å². The number of halogens is 1. The Morgan fingerprint density at radius 1 is 1.13 bits per heavy atom. The van der Waals surface area contributed by atoms with Gasteiger partial charge in [-0.05, 0) is 56.0 Å². The molecule has 2 aromatic carbocycles. The second kappa shape index (κ2) is 11.6. The molecule has 0 aliphatic carbocycles. The maximum Gasteiger partial charge on any atom is 0.243 e. The molecule has 0 unspecified atom stereocenters. The van der Waals surface area contributed by atoms with Crippen LogP contribution in [0.1, 0.15) is 44.7 Å². The zero-order valence-corrected chi connectivity index (χ0v) is 18.9. The highest BCUT2D eigenvalue weighted by atomic mass is 35.5. The lowest BCUT2D eigenvalue weighted by Crippen LogP contribution is -2.50. The first-order chi connectivity index (χ1) is 14.3. The predicted octanol–water partition coefficient (Wildman–Crippen LogP) is 4.61. The van der Waals surface area contributed by atoms with Crippen molar-refractivity contribution < 1.29 is 14.3 Å². The van der Waals surface area contributed by atoms with E-state index < -0.39 is 6.04 Å². The van der Waals surface area contributed by atoms with Gasteiger partial charge in [0.25, 0.3) is 0 Å². The molecule has 30 heavy (non-hydrogen) atoms. The summed E-state index contributed by atoms with van der Waals surface area (Å²) in [6.07, 6.45) is 1.33. The Morgan fingerprint density at radius 3 is 2.50 bits per heavy atom. The standard InChI is InChI=1S/C24H31ClN2O3/c1-5-22(24(29)26-17(2)3)27(16-18-9-8-11-20(15-18)30-4)23(28)14-13-19-10-6-7-12-21(19)25/h6-12,15,17,22H,5,13-14,16H2,1-4H3,(H,26,29)/t22-/m0/s1. The monoisotopic (exact) mass is 430 g/mol. The number of carbonyl (C=O) groups is 2. The van der Waals surface area contributed by atoms with E-state index in [0.717, 1.165) is 16.9 Å². The van der Waals surface area contributed by atoms with Crippen LogP contribution in [-0.4, -0.2) is 35.9 Å². The van der Waals surface area contributed by atoms with Crippen molar-refractivity contribution in [3.05, 3.63) is 64.7 Å². The fourth-order valence-corrected chi connectivity index (χ4v) is 3.58. The van der Waals surface area contributed by atoms with Crippen molar-refractivity contribution in [3.8, 4) is 5.75 Å². The molecule has 6 heteroatoms. The zero-order valence-electron chi connectivity index (χ0n) is 18.2. The van der Waals surface area contributed by atoms with Gasteiger partial charge in [-0.15, -0.1) is 0 Å². The highest BCUT2D eigenvalue weighted by Gasteiger charge is 2.28. The average molecular weight is 431 g/mol. The molecule has 1 atom stereocenters. The molecule has 0 heterocycles. The minimum absolute atomic E-state index is 0.00319. The summed E-state index contributed by atoms with van der Waals surface area (Å²) in [4.78, 5) is 27.7. The number of carbonyl (C=O) groups excluding carboxylic acids is 2. The van der Waals surface area contributed by atoms with Crippen molar-refractivity contribution in [1.29, 1.82) is 0 Å². The van der Waals surface area contributed by atoms with E-state index in [9.17, 15) is 9.59 Å². The smallest absolute Gasteiger partial charge is 0.243 e.